The topological polar surface area (TPSA) is 114 Å². The number of hydrogen-bond donors (Lipinski definition) is 1. The van der Waals surface area contributed by atoms with Crippen LogP contribution in [0.3, 0.4) is 0 Å². The third kappa shape index (κ3) is 8.27. The molecule has 1 aliphatic rings. The van der Waals surface area contributed by atoms with Crippen LogP contribution in [0.1, 0.15) is 51.5 Å². The Bertz CT molecular complexity index is 1530. The highest BCUT2D eigenvalue weighted by molar-refractivity contribution is 7.92. The van der Waals surface area contributed by atoms with Crippen molar-refractivity contribution in [3.05, 3.63) is 78.4 Å². The lowest BCUT2D eigenvalue weighted by Gasteiger charge is -2.33. The van der Waals surface area contributed by atoms with E-state index in [9.17, 15) is 18.0 Å². The van der Waals surface area contributed by atoms with E-state index in [0.29, 0.717) is 24.5 Å². The standard InChI is InChI=1S/C34H43N3O7S/c1-5-30(34(39)35-26-14-10-11-15-26)36(23-25-12-8-7-9-13-25)33(38)24-37(27-16-18-28(19-17-27)44-6-2)45(40,41)29-20-21-31(42-3)32(22-29)43-4/h7-9,12-13,16-22,26,30H,5-6,10-11,14-15,23-24H2,1-4H3,(H,35,39). The highest BCUT2D eigenvalue weighted by Gasteiger charge is 2.35. The Labute approximate surface area is 266 Å². The van der Waals surface area contributed by atoms with E-state index in [2.05, 4.69) is 5.32 Å². The van der Waals surface area contributed by atoms with Crippen LogP contribution in [0.2, 0.25) is 0 Å². The van der Waals surface area contributed by atoms with Crippen molar-refractivity contribution >= 4 is 27.5 Å². The molecule has 2 amide bonds. The van der Waals surface area contributed by atoms with E-state index in [1.165, 1.54) is 37.3 Å². The normalized spacial score (nSPS) is 14.0. The predicted molar refractivity (Wildman–Crippen MR) is 173 cm³/mol. The van der Waals surface area contributed by atoms with Gasteiger partial charge in [0.25, 0.3) is 10.0 Å². The van der Waals surface area contributed by atoms with Crippen LogP contribution in [-0.2, 0) is 26.2 Å². The van der Waals surface area contributed by atoms with Gasteiger partial charge in [0.1, 0.15) is 18.3 Å². The first-order valence-electron chi connectivity index (χ1n) is 15.3. The third-order valence-electron chi connectivity index (χ3n) is 7.94. The number of hydrogen-bond acceptors (Lipinski definition) is 7. The van der Waals surface area contributed by atoms with Gasteiger partial charge in [-0.2, -0.15) is 0 Å². The summed E-state index contributed by atoms with van der Waals surface area (Å²) in [6.45, 7) is 3.76. The predicted octanol–water partition coefficient (Wildman–Crippen LogP) is 5.16. The molecule has 1 aliphatic carbocycles. The number of rotatable bonds is 15. The Morgan fingerprint density at radius 2 is 1.58 bits per heavy atom. The molecule has 0 heterocycles. The molecule has 0 radical (unpaired) electrons. The van der Waals surface area contributed by atoms with Crippen LogP contribution < -0.4 is 23.8 Å². The number of sulfonamides is 1. The van der Waals surface area contributed by atoms with Crippen LogP contribution in [0.4, 0.5) is 5.69 Å². The molecule has 10 nitrogen and oxygen atoms in total. The second kappa shape index (κ2) is 15.7. The number of benzene rings is 3. The fourth-order valence-corrected chi connectivity index (χ4v) is 7.01. The molecular weight excluding hydrogens is 594 g/mol. The van der Waals surface area contributed by atoms with Crippen LogP contribution in [0.15, 0.2) is 77.7 Å². The van der Waals surface area contributed by atoms with Crippen molar-refractivity contribution in [2.75, 3.05) is 31.7 Å². The average molecular weight is 638 g/mol. The molecule has 0 saturated heterocycles. The maximum atomic E-state index is 14.3. The Balaban J connectivity index is 1.74. The molecule has 45 heavy (non-hydrogen) atoms. The van der Waals surface area contributed by atoms with Gasteiger partial charge in [-0.15, -0.1) is 0 Å². The number of anilines is 1. The van der Waals surface area contributed by atoms with Crippen LogP contribution in [0.5, 0.6) is 17.2 Å². The lowest BCUT2D eigenvalue weighted by molar-refractivity contribution is -0.140. The van der Waals surface area contributed by atoms with E-state index in [1.807, 2.05) is 44.2 Å². The summed E-state index contributed by atoms with van der Waals surface area (Å²) < 4.78 is 45.9. The maximum absolute atomic E-state index is 14.3. The SMILES string of the molecule is CCOc1ccc(N(CC(=O)N(Cc2ccccc2)C(CC)C(=O)NC2CCCC2)S(=O)(=O)c2ccc(OC)c(OC)c2)cc1. The zero-order valence-electron chi connectivity index (χ0n) is 26.4. The van der Waals surface area contributed by atoms with Gasteiger partial charge in [-0.3, -0.25) is 13.9 Å². The van der Waals surface area contributed by atoms with E-state index < -0.39 is 28.5 Å². The Morgan fingerprint density at radius 3 is 2.18 bits per heavy atom. The fraction of sp³-hybridized carbons (Fsp3) is 0.412. The molecule has 4 rings (SSSR count). The maximum Gasteiger partial charge on any atom is 0.264 e. The lowest BCUT2D eigenvalue weighted by Crippen LogP contribution is -2.53. The van der Waals surface area contributed by atoms with Crippen molar-refractivity contribution < 1.29 is 32.2 Å². The van der Waals surface area contributed by atoms with Gasteiger partial charge in [0, 0.05) is 18.7 Å². The van der Waals surface area contributed by atoms with E-state index in [-0.39, 0.29) is 34.8 Å². The molecule has 0 bridgehead atoms. The number of ether oxygens (including phenoxy) is 3. The third-order valence-corrected chi connectivity index (χ3v) is 9.71. The lowest BCUT2D eigenvalue weighted by atomic mass is 10.1. The summed E-state index contributed by atoms with van der Waals surface area (Å²) in [4.78, 5) is 29.3. The van der Waals surface area contributed by atoms with Gasteiger partial charge in [-0.1, -0.05) is 50.1 Å². The van der Waals surface area contributed by atoms with Gasteiger partial charge in [0.15, 0.2) is 11.5 Å². The highest BCUT2D eigenvalue weighted by atomic mass is 32.2. The van der Waals surface area contributed by atoms with E-state index >= 15 is 0 Å². The van der Waals surface area contributed by atoms with E-state index in [4.69, 9.17) is 14.2 Å². The number of carbonyl (C=O) groups excluding carboxylic acids is 2. The minimum Gasteiger partial charge on any atom is -0.494 e. The summed E-state index contributed by atoms with van der Waals surface area (Å²) in [5.41, 5.74) is 1.10. The first-order valence-corrected chi connectivity index (χ1v) is 16.8. The smallest absolute Gasteiger partial charge is 0.264 e. The molecule has 0 aliphatic heterocycles. The molecule has 1 atom stereocenters. The fourth-order valence-electron chi connectivity index (χ4n) is 5.58. The number of carbonyl (C=O) groups is 2. The number of amides is 2. The summed E-state index contributed by atoms with van der Waals surface area (Å²) >= 11 is 0. The first-order chi connectivity index (χ1) is 21.7. The zero-order valence-corrected chi connectivity index (χ0v) is 27.2. The van der Waals surface area contributed by atoms with Gasteiger partial charge in [-0.25, -0.2) is 8.42 Å². The van der Waals surface area contributed by atoms with Crippen molar-refractivity contribution in [3.63, 3.8) is 0 Å². The van der Waals surface area contributed by atoms with Crippen molar-refractivity contribution in [2.24, 2.45) is 0 Å². The number of nitrogens with one attached hydrogen (secondary N) is 1. The van der Waals surface area contributed by atoms with Gasteiger partial charge in [-0.05, 0) is 68.1 Å². The van der Waals surface area contributed by atoms with Crippen LogP contribution in [-0.4, -0.2) is 64.6 Å². The minimum absolute atomic E-state index is 0.0750. The number of methoxy groups -OCH3 is 2. The Morgan fingerprint density at radius 1 is 0.911 bits per heavy atom. The average Bonchev–Trinajstić information content (AvgIpc) is 3.57. The molecule has 3 aromatic carbocycles. The van der Waals surface area contributed by atoms with Crippen molar-refractivity contribution in [3.8, 4) is 17.2 Å². The summed E-state index contributed by atoms with van der Waals surface area (Å²) in [5.74, 6) is 0.427. The molecule has 1 fully saturated rings. The molecule has 1 unspecified atom stereocenters. The van der Waals surface area contributed by atoms with Crippen molar-refractivity contribution in [1.29, 1.82) is 0 Å². The molecule has 1 saturated carbocycles. The zero-order chi connectivity index (χ0) is 32.4. The second-order valence-corrected chi connectivity index (χ2v) is 12.7. The first kappa shape index (κ1) is 33.6. The van der Waals surface area contributed by atoms with Crippen LogP contribution >= 0.6 is 0 Å². The van der Waals surface area contributed by atoms with Crippen molar-refractivity contribution in [1.82, 2.24) is 10.2 Å². The monoisotopic (exact) mass is 637 g/mol. The summed E-state index contributed by atoms with van der Waals surface area (Å²) in [6, 6.07) is 19.5. The summed E-state index contributed by atoms with van der Waals surface area (Å²) in [7, 11) is -1.42. The molecule has 1 N–H and O–H groups in total. The minimum atomic E-state index is -4.30. The highest BCUT2D eigenvalue weighted by Crippen LogP contribution is 2.33. The molecule has 0 spiro atoms. The Kier molecular flexibility index (Phi) is 11.7. The van der Waals surface area contributed by atoms with Gasteiger partial charge in [0.2, 0.25) is 11.8 Å². The van der Waals surface area contributed by atoms with Gasteiger partial charge < -0.3 is 24.4 Å². The van der Waals surface area contributed by atoms with Crippen molar-refractivity contribution in [2.45, 2.75) is 69.5 Å². The number of nitrogens with zero attached hydrogens (tertiary/aromatic N) is 2. The molecule has 3 aromatic rings. The largest absolute Gasteiger partial charge is 0.494 e. The van der Waals surface area contributed by atoms with E-state index in [1.54, 1.807) is 24.3 Å². The van der Waals surface area contributed by atoms with Gasteiger partial charge >= 0.3 is 0 Å². The van der Waals surface area contributed by atoms with Crippen LogP contribution in [0.25, 0.3) is 0 Å². The molecular formula is C34H43N3O7S. The van der Waals surface area contributed by atoms with E-state index in [0.717, 1.165) is 35.6 Å². The molecule has 0 aromatic heterocycles. The molecule has 242 valence electrons. The molecule has 11 heteroatoms. The van der Waals surface area contributed by atoms with Crippen LogP contribution in [0, 0.1) is 0 Å². The summed E-state index contributed by atoms with van der Waals surface area (Å²) in [6.07, 6.45) is 4.29. The Hall–Kier alpha value is -4.25. The quantitative estimate of drug-likeness (QED) is 0.245. The second-order valence-electron chi connectivity index (χ2n) is 10.9. The summed E-state index contributed by atoms with van der Waals surface area (Å²) in [5, 5.41) is 3.13. The van der Waals surface area contributed by atoms with Gasteiger partial charge in [0.05, 0.1) is 31.4 Å².